The van der Waals surface area contributed by atoms with Crippen molar-refractivity contribution in [3.05, 3.63) is 65.2 Å². The van der Waals surface area contributed by atoms with E-state index in [1.807, 2.05) is 30.3 Å². The van der Waals surface area contributed by atoms with Crippen molar-refractivity contribution in [3.63, 3.8) is 0 Å². The summed E-state index contributed by atoms with van der Waals surface area (Å²) in [5, 5.41) is 4.25. The Bertz CT molecular complexity index is 1060. The Labute approximate surface area is 173 Å². The van der Waals surface area contributed by atoms with Crippen LogP contribution in [0, 0.1) is 25.7 Å². The van der Waals surface area contributed by atoms with Gasteiger partial charge in [0, 0.05) is 17.0 Å². The summed E-state index contributed by atoms with van der Waals surface area (Å²) in [6.45, 7) is 8.78. The summed E-state index contributed by atoms with van der Waals surface area (Å²) in [5.41, 5.74) is 5.96. The molecule has 1 saturated carbocycles. The van der Waals surface area contributed by atoms with Crippen molar-refractivity contribution in [2.24, 2.45) is 11.8 Å². The molecule has 150 valence electrons. The van der Waals surface area contributed by atoms with Crippen LogP contribution in [0.15, 0.2) is 48.5 Å². The van der Waals surface area contributed by atoms with Gasteiger partial charge in [-0.2, -0.15) is 0 Å². The molecule has 0 bridgehead atoms. The van der Waals surface area contributed by atoms with E-state index < -0.39 is 0 Å². The number of amides is 1. The van der Waals surface area contributed by atoms with Crippen molar-refractivity contribution in [1.82, 2.24) is 10.3 Å². The van der Waals surface area contributed by atoms with Crippen LogP contribution in [0.25, 0.3) is 22.2 Å². The molecule has 0 aliphatic heterocycles. The first kappa shape index (κ1) is 19.6. The number of carbonyl (C=O) groups is 1. The average molecular weight is 387 g/mol. The predicted octanol–water partition coefficient (Wildman–Crippen LogP) is 6.07. The first-order chi connectivity index (χ1) is 13.9. The van der Waals surface area contributed by atoms with Gasteiger partial charge in [0.2, 0.25) is 0 Å². The van der Waals surface area contributed by atoms with Crippen LogP contribution in [-0.2, 0) is 0 Å². The zero-order valence-corrected chi connectivity index (χ0v) is 17.8. The zero-order valence-electron chi connectivity index (χ0n) is 17.8. The van der Waals surface area contributed by atoms with Gasteiger partial charge in [0.05, 0.1) is 16.8 Å². The Morgan fingerprint density at radius 2 is 1.79 bits per heavy atom. The fourth-order valence-corrected chi connectivity index (χ4v) is 4.44. The second kappa shape index (κ2) is 7.98. The van der Waals surface area contributed by atoms with Gasteiger partial charge in [0.15, 0.2) is 0 Å². The number of carbonyl (C=O) groups excluding carboxylic acids is 1. The standard InChI is InChI=1S/C26H30N2O/c1-16-12-13-20(14-18(16)3)25-15-22(21-9-5-6-10-24(21)27-25)26(29)28-23-11-7-8-17(2)19(23)4/h5-6,9-10,12-15,17,19,23H,7-8,11H2,1-4H3,(H,28,29)/t17-,19-,23+/m0/s1. The lowest BCUT2D eigenvalue weighted by molar-refractivity contribution is 0.0892. The number of rotatable bonds is 3. The first-order valence-corrected chi connectivity index (χ1v) is 10.7. The van der Waals surface area contributed by atoms with Crippen LogP contribution >= 0.6 is 0 Å². The highest BCUT2D eigenvalue weighted by Crippen LogP contribution is 2.31. The van der Waals surface area contributed by atoms with E-state index in [0.717, 1.165) is 28.6 Å². The average Bonchev–Trinajstić information content (AvgIpc) is 2.72. The third-order valence-corrected chi connectivity index (χ3v) is 6.79. The number of benzene rings is 2. The number of aryl methyl sites for hydroxylation is 2. The summed E-state index contributed by atoms with van der Waals surface area (Å²) in [6, 6.07) is 16.5. The van der Waals surface area contributed by atoms with Gasteiger partial charge in [-0.05, 0) is 61.4 Å². The molecule has 1 fully saturated rings. The molecule has 3 nitrogen and oxygen atoms in total. The van der Waals surface area contributed by atoms with E-state index in [9.17, 15) is 4.79 Å². The fourth-order valence-electron chi connectivity index (χ4n) is 4.44. The number of pyridine rings is 1. The normalized spacial score (nSPS) is 21.9. The number of nitrogens with one attached hydrogen (secondary N) is 1. The van der Waals surface area contributed by atoms with Crippen LogP contribution in [0.1, 0.15) is 54.6 Å². The van der Waals surface area contributed by atoms with Crippen molar-refractivity contribution in [2.45, 2.75) is 53.0 Å². The minimum Gasteiger partial charge on any atom is -0.349 e. The molecular formula is C26H30N2O. The van der Waals surface area contributed by atoms with Crippen LogP contribution in [0.4, 0.5) is 0 Å². The lowest BCUT2D eigenvalue weighted by atomic mass is 9.78. The van der Waals surface area contributed by atoms with E-state index in [0.29, 0.717) is 17.4 Å². The van der Waals surface area contributed by atoms with Crippen molar-refractivity contribution in [2.75, 3.05) is 0 Å². The molecule has 1 heterocycles. The largest absolute Gasteiger partial charge is 0.349 e. The third kappa shape index (κ3) is 3.91. The number of aromatic nitrogens is 1. The molecule has 0 saturated heterocycles. The molecule has 3 heteroatoms. The second-order valence-corrected chi connectivity index (χ2v) is 8.72. The molecular weight excluding hydrogens is 356 g/mol. The molecule has 1 aliphatic carbocycles. The van der Waals surface area contributed by atoms with Gasteiger partial charge in [-0.25, -0.2) is 4.98 Å². The van der Waals surface area contributed by atoms with Gasteiger partial charge >= 0.3 is 0 Å². The summed E-state index contributed by atoms with van der Waals surface area (Å²) in [6.07, 6.45) is 3.49. The number of nitrogens with zero attached hydrogens (tertiary/aromatic N) is 1. The Balaban J connectivity index is 1.74. The molecule has 1 aromatic heterocycles. The van der Waals surface area contributed by atoms with Crippen LogP contribution in [0.2, 0.25) is 0 Å². The molecule has 1 N–H and O–H groups in total. The number of para-hydroxylation sites is 1. The smallest absolute Gasteiger partial charge is 0.252 e. The minimum atomic E-state index is 0.0135. The highest BCUT2D eigenvalue weighted by atomic mass is 16.1. The van der Waals surface area contributed by atoms with Gasteiger partial charge in [-0.15, -0.1) is 0 Å². The van der Waals surface area contributed by atoms with E-state index in [1.165, 1.54) is 24.0 Å². The molecule has 0 unspecified atom stereocenters. The zero-order chi connectivity index (χ0) is 20.5. The summed E-state index contributed by atoms with van der Waals surface area (Å²) in [7, 11) is 0. The Hall–Kier alpha value is -2.68. The van der Waals surface area contributed by atoms with E-state index in [2.05, 4.69) is 51.2 Å². The molecule has 1 amide bonds. The summed E-state index contributed by atoms with van der Waals surface area (Å²) in [4.78, 5) is 18.2. The highest BCUT2D eigenvalue weighted by Gasteiger charge is 2.29. The van der Waals surface area contributed by atoms with Crippen LogP contribution in [0.5, 0.6) is 0 Å². The maximum Gasteiger partial charge on any atom is 0.252 e. The molecule has 29 heavy (non-hydrogen) atoms. The third-order valence-electron chi connectivity index (χ3n) is 6.79. The highest BCUT2D eigenvalue weighted by molar-refractivity contribution is 6.07. The number of fused-ring (bicyclic) bond motifs is 1. The van der Waals surface area contributed by atoms with Gasteiger partial charge in [-0.3, -0.25) is 4.79 Å². The van der Waals surface area contributed by atoms with E-state index >= 15 is 0 Å². The maximum absolute atomic E-state index is 13.3. The number of hydrogen-bond donors (Lipinski definition) is 1. The summed E-state index contributed by atoms with van der Waals surface area (Å²) >= 11 is 0. The Kier molecular flexibility index (Phi) is 5.40. The molecule has 1 aliphatic rings. The number of hydrogen-bond acceptors (Lipinski definition) is 2. The van der Waals surface area contributed by atoms with Gasteiger partial charge in [0.1, 0.15) is 0 Å². The van der Waals surface area contributed by atoms with Crippen molar-refractivity contribution < 1.29 is 4.79 Å². The lowest BCUT2D eigenvalue weighted by Gasteiger charge is -2.34. The van der Waals surface area contributed by atoms with Crippen LogP contribution < -0.4 is 5.32 Å². The Morgan fingerprint density at radius 3 is 2.59 bits per heavy atom. The Morgan fingerprint density at radius 1 is 1.00 bits per heavy atom. The summed E-state index contributed by atoms with van der Waals surface area (Å²) in [5.74, 6) is 1.16. The first-order valence-electron chi connectivity index (χ1n) is 10.7. The van der Waals surface area contributed by atoms with Crippen molar-refractivity contribution >= 4 is 16.8 Å². The molecule has 2 aromatic carbocycles. The van der Waals surface area contributed by atoms with Gasteiger partial charge < -0.3 is 5.32 Å². The van der Waals surface area contributed by atoms with Gasteiger partial charge in [-0.1, -0.05) is 57.0 Å². The van der Waals surface area contributed by atoms with E-state index in [-0.39, 0.29) is 11.9 Å². The molecule has 4 rings (SSSR count). The SMILES string of the molecule is Cc1ccc(-c2cc(C(=O)N[C@@H]3CCC[C@H](C)[C@@H]3C)c3ccccc3n2)cc1C. The predicted molar refractivity (Wildman–Crippen MR) is 120 cm³/mol. The second-order valence-electron chi connectivity index (χ2n) is 8.72. The molecule has 3 atom stereocenters. The fraction of sp³-hybridized carbons (Fsp3) is 0.385. The summed E-state index contributed by atoms with van der Waals surface area (Å²) < 4.78 is 0. The maximum atomic E-state index is 13.3. The molecule has 0 spiro atoms. The van der Waals surface area contributed by atoms with E-state index in [4.69, 9.17) is 4.98 Å². The minimum absolute atomic E-state index is 0.0135. The van der Waals surface area contributed by atoms with Crippen LogP contribution in [-0.4, -0.2) is 16.9 Å². The topological polar surface area (TPSA) is 42.0 Å². The van der Waals surface area contributed by atoms with Gasteiger partial charge in [0.25, 0.3) is 5.91 Å². The van der Waals surface area contributed by atoms with Crippen molar-refractivity contribution in [1.29, 1.82) is 0 Å². The van der Waals surface area contributed by atoms with E-state index in [1.54, 1.807) is 0 Å². The monoisotopic (exact) mass is 386 g/mol. The van der Waals surface area contributed by atoms with Crippen LogP contribution in [0.3, 0.4) is 0 Å². The molecule has 0 radical (unpaired) electrons. The lowest BCUT2D eigenvalue weighted by Crippen LogP contribution is -2.43. The van der Waals surface area contributed by atoms with Crippen molar-refractivity contribution in [3.8, 4) is 11.3 Å². The molecule has 3 aromatic rings. The quantitative estimate of drug-likeness (QED) is 0.593.